The molecule has 17 heavy (non-hydrogen) atoms. The Bertz CT molecular complexity index is 488. The fourth-order valence-electron chi connectivity index (χ4n) is 1.71. The lowest BCUT2D eigenvalue weighted by molar-refractivity contribution is 0.959. The van der Waals surface area contributed by atoms with Crippen LogP contribution in [0.4, 0.5) is 5.82 Å². The molecular formula is C13H16BrN3. The van der Waals surface area contributed by atoms with Crippen molar-refractivity contribution in [3.8, 4) is 11.3 Å². The summed E-state index contributed by atoms with van der Waals surface area (Å²) in [5.41, 5.74) is 3.40. The third kappa shape index (κ3) is 2.69. The molecule has 1 heterocycles. The Morgan fingerprint density at radius 2 is 2.00 bits per heavy atom. The van der Waals surface area contributed by atoms with Gasteiger partial charge in [-0.3, -0.25) is 5.10 Å². The summed E-state index contributed by atoms with van der Waals surface area (Å²) in [6.45, 7) is 5.18. The van der Waals surface area contributed by atoms with Crippen LogP contribution in [0.5, 0.6) is 0 Å². The zero-order chi connectivity index (χ0) is 12.3. The number of aromatic nitrogens is 2. The number of hydrogen-bond acceptors (Lipinski definition) is 2. The van der Waals surface area contributed by atoms with E-state index in [0.29, 0.717) is 0 Å². The van der Waals surface area contributed by atoms with Crippen molar-refractivity contribution in [2.75, 3.05) is 11.9 Å². The Morgan fingerprint density at radius 3 is 2.65 bits per heavy atom. The minimum absolute atomic E-state index is 0.949. The van der Waals surface area contributed by atoms with Gasteiger partial charge >= 0.3 is 0 Å². The van der Waals surface area contributed by atoms with E-state index in [1.807, 2.05) is 12.1 Å². The molecule has 0 saturated heterocycles. The number of hydrogen-bond donors (Lipinski definition) is 2. The number of rotatable bonds is 4. The normalized spacial score (nSPS) is 10.5. The first-order valence-corrected chi connectivity index (χ1v) is 6.56. The van der Waals surface area contributed by atoms with Gasteiger partial charge in [-0.15, -0.1) is 0 Å². The minimum Gasteiger partial charge on any atom is -0.368 e. The number of anilines is 1. The summed E-state index contributed by atoms with van der Waals surface area (Å²) in [6, 6.07) is 8.23. The molecule has 0 atom stereocenters. The summed E-state index contributed by atoms with van der Waals surface area (Å²) in [4.78, 5) is 0. The summed E-state index contributed by atoms with van der Waals surface area (Å²) in [5.74, 6) is 0.949. The highest BCUT2D eigenvalue weighted by molar-refractivity contribution is 9.10. The van der Waals surface area contributed by atoms with Crippen LogP contribution in [0.3, 0.4) is 0 Å². The number of benzene rings is 1. The molecule has 0 aliphatic heterocycles. The molecule has 3 nitrogen and oxygen atoms in total. The summed E-state index contributed by atoms with van der Waals surface area (Å²) < 4.78 is 1.09. The Hall–Kier alpha value is -1.29. The van der Waals surface area contributed by atoms with Crippen molar-refractivity contribution < 1.29 is 0 Å². The van der Waals surface area contributed by atoms with E-state index >= 15 is 0 Å². The number of H-pyrrole nitrogens is 1. The van der Waals surface area contributed by atoms with Crippen molar-refractivity contribution >= 4 is 21.7 Å². The van der Waals surface area contributed by atoms with E-state index in [1.165, 1.54) is 5.56 Å². The Balaban J connectivity index is 2.27. The van der Waals surface area contributed by atoms with Crippen LogP contribution in [0.25, 0.3) is 11.3 Å². The van der Waals surface area contributed by atoms with E-state index in [4.69, 9.17) is 0 Å². The van der Waals surface area contributed by atoms with E-state index in [2.05, 4.69) is 57.4 Å². The van der Waals surface area contributed by atoms with Crippen LogP contribution in [0.15, 0.2) is 28.7 Å². The monoisotopic (exact) mass is 293 g/mol. The molecule has 2 N–H and O–H groups in total. The SMILES string of the molecule is CCCNc1n[nH]c(-c2ccc(Br)cc2)c1C. The maximum absolute atomic E-state index is 4.30. The molecule has 4 heteroatoms. The largest absolute Gasteiger partial charge is 0.368 e. The van der Waals surface area contributed by atoms with E-state index in [1.54, 1.807) is 0 Å². The molecule has 2 rings (SSSR count). The molecule has 0 unspecified atom stereocenters. The first kappa shape index (κ1) is 12.2. The van der Waals surface area contributed by atoms with Gasteiger partial charge in [-0.25, -0.2) is 0 Å². The van der Waals surface area contributed by atoms with Crippen LogP contribution < -0.4 is 5.32 Å². The molecule has 0 aliphatic carbocycles. The third-order valence-electron chi connectivity index (χ3n) is 2.69. The van der Waals surface area contributed by atoms with Crippen molar-refractivity contribution in [2.24, 2.45) is 0 Å². The molecule has 0 spiro atoms. The average molecular weight is 294 g/mol. The van der Waals surface area contributed by atoms with E-state index < -0.39 is 0 Å². The first-order chi connectivity index (χ1) is 8.22. The van der Waals surface area contributed by atoms with Crippen LogP contribution in [0.1, 0.15) is 18.9 Å². The molecule has 0 radical (unpaired) electrons. The number of nitrogens with one attached hydrogen (secondary N) is 2. The zero-order valence-corrected chi connectivity index (χ0v) is 11.6. The van der Waals surface area contributed by atoms with Gasteiger partial charge in [-0.05, 0) is 31.0 Å². The maximum atomic E-state index is 4.30. The number of nitrogens with zero attached hydrogens (tertiary/aromatic N) is 1. The fraction of sp³-hybridized carbons (Fsp3) is 0.308. The molecule has 0 bridgehead atoms. The number of aromatic amines is 1. The second-order valence-corrected chi connectivity index (χ2v) is 4.92. The summed E-state index contributed by atoms with van der Waals surface area (Å²) in [6.07, 6.45) is 1.10. The van der Waals surface area contributed by atoms with Gasteiger partial charge in [0.1, 0.15) is 0 Å². The van der Waals surface area contributed by atoms with Crippen LogP contribution in [0, 0.1) is 6.92 Å². The highest BCUT2D eigenvalue weighted by Crippen LogP contribution is 2.26. The lowest BCUT2D eigenvalue weighted by Gasteiger charge is -2.02. The second kappa shape index (κ2) is 5.36. The predicted octanol–water partition coefficient (Wildman–Crippen LogP) is 3.97. The highest BCUT2D eigenvalue weighted by atomic mass is 79.9. The Labute approximate surface area is 110 Å². The van der Waals surface area contributed by atoms with Crippen LogP contribution in [0.2, 0.25) is 0 Å². The van der Waals surface area contributed by atoms with E-state index in [-0.39, 0.29) is 0 Å². The van der Waals surface area contributed by atoms with Gasteiger partial charge < -0.3 is 5.32 Å². The van der Waals surface area contributed by atoms with Gasteiger partial charge in [0.25, 0.3) is 0 Å². The molecule has 2 aromatic rings. The van der Waals surface area contributed by atoms with Crippen molar-refractivity contribution in [3.63, 3.8) is 0 Å². The van der Waals surface area contributed by atoms with Gasteiger partial charge in [0, 0.05) is 16.6 Å². The topological polar surface area (TPSA) is 40.7 Å². The van der Waals surface area contributed by atoms with Gasteiger partial charge in [-0.1, -0.05) is 35.0 Å². The van der Waals surface area contributed by atoms with Gasteiger partial charge in [-0.2, -0.15) is 5.10 Å². The summed E-state index contributed by atoms with van der Waals surface area (Å²) in [7, 11) is 0. The van der Waals surface area contributed by atoms with Gasteiger partial charge in [0.05, 0.1) is 5.69 Å². The van der Waals surface area contributed by atoms with Crippen molar-refractivity contribution in [1.82, 2.24) is 10.2 Å². The average Bonchev–Trinajstić information content (AvgIpc) is 2.69. The molecule has 0 saturated carbocycles. The molecule has 1 aromatic carbocycles. The molecule has 0 aliphatic rings. The lowest BCUT2D eigenvalue weighted by Crippen LogP contribution is -2.00. The van der Waals surface area contributed by atoms with Crippen LogP contribution in [-0.4, -0.2) is 16.7 Å². The van der Waals surface area contributed by atoms with E-state index in [0.717, 1.165) is 34.5 Å². The van der Waals surface area contributed by atoms with Crippen LogP contribution >= 0.6 is 15.9 Å². The quantitative estimate of drug-likeness (QED) is 0.895. The Kier molecular flexibility index (Phi) is 3.84. The molecular weight excluding hydrogens is 278 g/mol. The van der Waals surface area contributed by atoms with Crippen LogP contribution in [-0.2, 0) is 0 Å². The van der Waals surface area contributed by atoms with Gasteiger partial charge in [0.15, 0.2) is 5.82 Å². The summed E-state index contributed by atoms with van der Waals surface area (Å²) >= 11 is 3.44. The smallest absolute Gasteiger partial charge is 0.151 e. The lowest BCUT2D eigenvalue weighted by atomic mass is 10.1. The van der Waals surface area contributed by atoms with Crippen molar-refractivity contribution in [3.05, 3.63) is 34.3 Å². The standard InChI is InChI=1S/C13H16BrN3/c1-3-8-15-13-9(2)12(16-17-13)10-4-6-11(14)7-5-10/h4-7H,3,8H2,1-2H3,(H2,15,16,17). The zero-order valence-electron chi connectivity index (χ0n) is 10.0. The second-order valence-electron chi connectivity index (χ2n) is 4.01. The highest BCUT2D eigenvalue weighted by Gasteiger charge is 2.09. The van der Waals surface area contributed by atoms with Crippen molar-refractivity contribution in [1.29, 1.82) is 0 Å². The minimum atomic E-state index is 0.949. The fourth-order valence-corrected chi connectivity index (χ4v) is 1.98. The third-order valence-corrected chi connectivity index (χ3v) is 3.21. The molecule has 0 fully saturated rings. The number of halogens is 1. The Morgan fingerprint density at radius 1 is 1.29 bits per heavy atom. The van der Waals surface area contributed by atoms with Crippen molar-refractivity contribution in [2.45, 2.75) is 20.3 Å². The van der Waals surface area contributed by atoms with E-state index in [9.17, 15) is 0 Å². The maximum Gasteiger partial charge on any atom is 0.151 e. The predicted molar refractivity (Wildman–Crippen MR) is 75.2 cm³/mol. The molecule has 0 amide bonds. The molecule has 90 valence electrons. The summed E-state index contributed by atoms with van der Waals surface area (Å²) in [5, 5.41) is 10.7. The first-order valence-electron chi connectivity index (χ1n) is 5.77. The molecule has 1 aromatic heterocycles. The van der Waals surface area contributed by atoms with Gasteiger partial charge in [0.2, 0.25) is 0 Å².